The first-order valence-corrected chi connectivity index (χ1v) is 4.65. The van der Waals surface area contributed by atoms with Gasteiger partial charge in [-0.1, -0.05) is 6.92 Å². The molecule has 0 aliphatic heterocycles. The molecule has 1 aromatic heterocycles. The fraction of sp³-hybridized carbons (Fsp3) is 0.667. The Bertz CT molecular complexity index is 296. The van der Waals surface area contributed by atoms with E-state index >= 15 is 0 Å². The van der Waals surface area contributed by atoms with Crippen molar-refractivity contribution in [2.45, 2.75) is 26.3 Å². The Hall–Kier alpha value is -1.23. The van der Waals surface area contributed by atoms with Gasteiger partial charge in [0.2, 0.25) is 0 Å². The molecule has 1 heterocycles. The average Bonchev–Trinajstić information content (AvgIpc) is 2.54. The quantitative estimate of drug-likeness (QED) is 0.664. The molecule has 0 N–H and O–H groups in total. The van der Waals surface area contributed by atoms with E-state index in [1.807, 2.05) is 0 Å². The molecule has 0 saturated carbocycles. The molecule has 5 heteroatoms. The lowest BCUT2D eigenvalue weighted by molar-refractivity contribution is -0.122. The number of hydrogen-bond acceptors (Lipinski definition) is 4. The third-order valence-electron chi connectivity index (χ3n) is 1.79. The Morgan fingerprint density at radius 3 is 3.07 bits per heavy atom. The van der Waals surface area contributed by atoms with Crippen LogP contribution < -0.4 is 0 Å². The van der Waals surface area contributed by atoms with Gasteiger partial charge in [0, 0.05) is 13.7 Å². The summed E-state index contributed by atoms with van der Waals surface area (Å²) < 4.78 is 6.50. The number of methoxy groups -OCH3 is 1. The normalized spacial score (nSPS) is 10.4. The zero-order valence-electron chi connectivity index (χ0n) is 8.56. The van der Waals surface area contributed by atoms with E-state index in [4.69, 9.17) is 4.74 Å². The minimum absolute atomic E-state index is 0.0258. The van der Waals surface area contributed by atoms with Gasteiger partial charge >= 0.3 is 0 Å². The third-order valence-corrected chi connectivity index (χ3v) is 1.79. The number of ether oxygens (including phenoxy) is 1. The topological polar surface area (TPSA) is 57.0 Å². The van der Waals surface area contributed by atoms with E-state index in [2.05, 4.69) is 17.0 Å². The van der Waals surface area contributed by atoms with Crippen molar-refractivity contribution in [2.75, 3.05) is 13.7 Å². The lowest BCUT2D eigenvalue weighted by Crippen LogP contribution is -2.14. The number of rotatable bonds is 6. The van der Waals surface area contributed by atoms with Gasteiger partial charge in [-0.3, -0.25) is 4.79 Å². The molecule has 0 unspecified atom stereocenters. The largest absolute Gasteiger partial charge is 0.377 e. The molecule has 0 radical (unpaired) electrons. The van der Waals surface area contributed by atoms with Gasteiger partial charge in [0.05, 0.1) is 6.42 Å². The molecule has 0 aliphatic carbocycles. The molecule has 1 rings (SSSR count). The Kier molecular flexibility index (Phi) is 4.25. The fourth-order valence-electron chi connectivity index (χ4n) is 1.21. The average molecular weight is 197 g/mol. The van der Waals surface area contributed by atoms with Gasteiger partial charge in [0.1, 0.15) is 18.8 Å². The fourth-order valence-corrected chi connectivity index (χ4v) is 1.21. The summed E-state index contributed by atoms with van der Waals surface area (Å²) in [4.78, 5) is 15.3. The van der Waals surface area contributed by atoms with Crippen LogP contribution in [-0.4, -0.2) is 34.3 Å². The second kappa shape index (κ2) is 5.49. The molecule has 0 bridgehead atoms. The van der Waals surface area contributed by atoms with Crippen molar-refractivity contribution in [3.05, 3.63) is 12.2 Å². The summed E-state index contributed by atoms with van der Waals surface area (Å²) in [6.45, 7) is 3.00. The zero-order chi connectivity index (χ0) is 10.4. The summed E-state index contributed by atoms with van der Waals surface area (Å²) >= 11 is 0. The molecule has 78 valence electrons. The van der Waals surface area contributed by atoms with Crippen LogP contribution in [0.3, 0.4) is 0 Å². The molecule has 5 nitrogen and oxygen atoms in total. The molecular formula is C9H15N3O2. The van der Waals surface area contributed by atoms with Crippen molar-refractivity contribution in [3.63, 3.8) is 0 Å². The van der Waals surface area contributed by atoms with Gasteiger partial charge in [-0.15, -0.1) is 0 Å². The van der Waals surface area contributed by atoms with Crippen LogP contribution in [0.2, 0.25) is 0 Å². The van der Waals surface area contributed by atoms with Crippen molar-refractivity contribution in [1.82, 2.24) is 14.8 Å². The predicted octanol–water partition coefficient (Wildman–Crippen LogP) is 0.446. The van der Waals surface area contributed by atoms with Crippen LogP contribution >= 0.6 is 0 Å². The minimum Gasteiger partial charge on any atom is -0.377 e. The van der Waals surface area contributed by atoms with Gasteiger partial charge in [-0.25, -0.2) is 9.67 Å². The maximum atomic E-state index is 11.3. The van der Waals surface area contributed by atoms with Gasteiger partial charge in [-0.05, 0) is 6.42 Å². The second-order valence-electron chi connectivity index (χ2n) is 3.05. The number of hydrogen-bond donors (Lipinski definition) is 0. The van der Waals surface area contributed by atoms with E-state index in [0.29, 0.717) is 12.2 Å². The number of Topliss-reactive ketones (excluding diaryl/α,β-unsaturated/α-hetero) is 1. The third kappa shape index (κ3) is 2.92. The maximum absolute atomic E-state index is 11.3. The van der Waals surface area contributed by atoms with Crippen molar-refractivity contribution >= 4 is 5.78 Å². The van der Waals surface area contributed by atoms with E-state index in [1.165, 1.54) is 13.4 Å². The molecule has 14 heavy (non-hydrogen) atoms. The first-order valence-electron chi connectivity index (χ1n) is 4.65. The lowest BCUT2D eigenvalue weighted by atomic mass is 10.3. The first-order chi connectivity index (χ1) is 6.77. The monoisotopic (exact) mass is 197 g/mol. The van der Waals surface area contributed by atoms with Crippen molar-refractivity contribution < 1.29 is 9.53 Å². The van der Waals surface area contributed by atoms with E-state index < -0.39 is 0 Å². The van der Waals surface area contributed by atoms with Gasteiger partial charge in [0.25, 0.3) is 0 Å². The van der Waals surface area contributed by atoms with E-state index in [0.717, 1.165) is 13.0 Å². The standard InChI is InChI=1S/C9H15N3O2/c1-3-4-12-9(10-7-11-12)5-8(13)6-14-2/h7H,3-6H2,1-2H3. The van der Waals surface area contributed by atoms with Gasteiger partial charge in [0.15, 0.2) is 5.78 Å². The van der Waals surface area contributed by atoms with Crippen LogP contribution in [0.5, 0.6) is 0 Å². The zero-order valence-corrected chi connectivity index (χ0v) is 8.56. The van der Waals surface area contributed by atoms with E-state index in [-0.39, 0.29) is 12.4 Å². The smallest absolute Gasteiger partial charge is 0.165 e. The van der Waals surface area contributed by atoms with Crippen molar-refractivity contribution in [1.29, 1.82) is 0 Å². The minimum atomic E-state index is 0.0258. The highest BCUT2D eigenvalue weighted by Crippen LogP contribution is 1.98. The molecule has 0 atom stereocenters. The number of nitrogens with zero attached hydrogens (tertiary/aromatic N) is 3. The SMILES string of the molecule is CCCn1ncnc1CC(=O)COC. The number of carbonyl (C=O) groups excluding carboxylic acids is 1. The molecule has 0 saturated heterocycles. The Morgan fingerprint density at radius 2 is 2.43 bits per heavy atom. The predicted molar refractivity (Wildman–Crippen MR) is 50.9 cm³/mol. The lowest BCUT2D eigenvalue weighted by Gasteiger charge is -2.02. The summed E-state index contributed by atoms with van der Waals surface area (Å²) in [6, 6.07) is 0. The van der Waals surface area contributed by atoms with Gasteiger partial charge in [-0.2, -0.15) is 5.10 Å². The molecule has 0 aromatic carbocycles. The molecule has 0 fully saturated rings. The molecule has 1 aromatic rings. The number of carbonyl (C=O) groups is 1. The Morgan fingerprint density at radius 1 is 1.64 bits per heavy atom. The first kappa shape index (κ1) is 10.8. The highest BCUT2D eigenvalue weighted by Gasteiger charge is 2.08. The van der Waals surface area contributed by atoms with Crippen molar-refractivity contribution in [3.8, 4) is 0 Å². The molecular weight excluding hydrogens is 182 g/mol. The van der Waals surface area contributed by atoms with Crippen LogP contribution in [0, 0.1) is 0 Å². The highest BCUT2D eigenvalue weighted by atomic mass is 16.5. The van der Waals surface area contributed by atoms with Crippen LogP contribution in [0.4, 0.5) is 0 Å². The highest BCUT2D eigenvalue weighted by molar-refractivity contribution is 5.81. The summed E-state index contributed by atoms with van der Waals surface area (Å²) in [7, 11) is 1.51. The summed E-state index contributed by atoms with van der Waals surface area (Å²) in [5.41, 5.74) is 0. The number of aromatic nitrogens is 3. The second-order valence-corrected chi connectivity index (χ2v) is 3.05. The molecule has 0 aliphatic rings. The Balaban J connectivity index is 2.56. The summed E-state index contributed by atoms with van der Waals surface area (Å²) in [5, 5.41) is 4.03. The van der Waals surface area contributed by atoms with Gasteiger partial charge < -0.3 is 4.74 Å². The van der Waals surface area contributed by atoms with Crippen LogP contribution in [0.15, 0.2) is 6.33 Å². The van der Waals surface area contributed by atoms with E-state index in [1.54, 1.807) is 4.68 Å². The summed E-state index contributed by atoms with van der Waals surface area (Å²) in [6.07, 6.45) is 2.76. The van der Waals surface area contributed by atoms with Crippen LogP contribution in [0.25, 0.3) is 0 Å². The summed E-state index contributed by atoms with van der Waals surface area (Å²) in [5.74, 6) is 0.742. The molecule has 0 amide bonds. The maximum Gasteiger partial charge on any atom is 0.165 e. The van der Waals surface area contributed by atoms with Crippen LogP contribution in [0.1, 0.15) is 19.2 Å². The van der Waals surface area contributed by atoms with Crippen molar-refractivity contribution in [2.24, 2.45) is 0 Å². The number of ketones is 1. The van der Waals surface area contributed by atoms with Crippen LogP contribution in [-0.2, 0) is 22.5 Å². The Labute approximate surface area is 83.1 Å². The molecule has 0 spiro atoms. The van der Waals surface area contributed by atoms with E-state index in [9.17, 15) is 4.79 Å². The number of aryl methyl sites for hydroxylation is 1.